The first-order chi connectivity index (χ1) is 11.7. The van der Waals surface area contributed by atoms with Crippen molar-refractivity contribution in [1.82, 2.24) is 19.5 Å². The fraction of sp³-hybridized carbons (Fsp3) is 0.412. The third kappa shape index (κ3) is 3.79. The monoisotopic (exact) mass is 343 g/mol. The van der Waals surface area contributed by atoms with Crippen LogP contribution in [0, 0.1) is 0 Å². The first kappa shape index (κ1) is 16.6. The van der Waals surface area contributed by atoms with Gasteiger partial charge in [-0.25, -0.2) is 4.98 Å². The van der Waals surface area contributed by atoms with E-state index in [9.17, 15) is 0 Å². The molecule has 0 amide bonds. The molecule has 2 aromatic heterocycles. The van der Waals surface area contributed by atoms with Crippen LogP contribution < -0.4 is 5.32 Å². The van der Waals surface area contributed by atoms with Crippen LogP contribution in [0.2, 0.25) is 0 Å². The van der Waals surface area contributed by atoms with Gasteiger partial charge >= 0.3 is 0 Å². The second-order valence-corrected chi connectivity index (χ2v) is 6.65. The molecule has 6 nitrogen and oxygen atoms in total. The number of aryl methyl sites for hydroxylation is 1. The summed E-state index contributed by atoms with van der Waals surface area (Å²) in [6.07, 6.45) is 1.75. The molecule has 3 rings (SSSR count). The van der Waals surface area contributed by atoms with Gasteiger partial charge in [-0.3, -0.25) is 0 Å². The van der Waals surface area contributed by atoms with E-state index in [1.54, 1.807) is 0 Å². The minimum atomic E-state index is -0.214. The molecule has 3 aromatic rings. The normalized spacial score (nSPS) is 12.5. The quantitative estimate of drug-likeness (QED) is 0.693. The third-order valence-corrected chi connectivity index (χ3v) is 4.23. The van der Waals surface area contributed by atoms with Crippen molar-refractivity contribution < 1.29 is 4.52 Å². The van der Waals surface area contributed by atoms with Crippen LogP contribution >= 0.6 is 11.5 Å². The molecule has 0 spiro atoms. The second-order valence-electron chi connectivity index (χ2n) is 5.90. The highest BCUT2D eigenvalue weighted by Crippen LogP contribution is 2.27. The SMILES string of the molecule is CCCc1nc(C(Nc2nc(C(C)C)ns2)c2ccccc2)no1. The van der Waals surface area contributed by atoms with Crippen LogP contribution in [0.15, 0.2) is 34.9 Å². The molecule has 1 N–H and O–H groups in total. The number of rotatable bonds is 7. The van der Waals surface area contributed by atoms with E-state index in [0.717, 1.165) is 29.4 Å². The van der Waals surface area contributed by atoms with Gasteiger partial charge in [0, 0.05) is 23.9 Å². The molecule has 0 saturated heterocycles. The molecule has 0 aliphatic carbocycles. The first-order valence-corrected chi connectivity index (χ1v) is 8.92. The predicted octanol–water partition coefficient (Wildman–Crippen LogP) is 4.20. The third-order valence-electron chi connectivity index (χ3n) is 3.56. The van der Waals surface area contributed by atoms with Crippen LogP contribution in [0.1, 0.15) is 62.3 Å². The molecule has 1 atom stereocenters. The molecule has 1 aromatic carbocycles. The van der Waals surface area contributed by atoms with Gasteiger partial charge in [-0.15, -0.1) is 0 Å². The Kier molecular flexibility index (Phi) is 5.20. The molecule has 0 aliphatic heterocycles. The summed E-state index contributed by atoms with van der Waals surface area (Å²) in [6, 6.07) is 9.85. The average Bonchev–Trinajstić information content (AvgIpc) is 3.23. The molecule has 0 fully saturated rings. The van der Waals surface area contributed by atoms with Crippen molar-refractivity contribution in [1.29, 1.82) is 0 Å². The van der Waals surface area contributed by atoms with Crippen LogP contribution in [0.4, 0.5) is 5.13 Å². The lowest BCUT2D eigenvalue weighted by molar-refractivity contribution is 0.371. The summed E-state index contributed by atoms with van der Waals surface area (Å²) in [6.45, 7) is 6.25. The molecule has 126 valence electrons. The van der Waals surface area contributed by atoms with Gasteiger partial charge in [-0.2, -0.15) is 9.36 Å². The highest BCUT2D eigenvalue weighted by Gasteiger charge is 2.22. The van der Waals surface area contributed by atoms with E-state index in [1.807, 2.05) is 30.3 Å². The molecular weight excluding hydrogens is 322 g/mol. The maximum atomic E-state index is 5.35. The molecule has 0 aliphatic rings. The van der Waals surface area contributed by atoms with Crippen molar-refractivity contribution in [2.75, 3.05) is 5.32 Å². The summed E-state index contributed by atoms with van der Waals surface area (Å²) in [4.78, 5) is 9.08. The van der Waals surface area contributed by atoms with Crippen LogP contribution in [0.3, 0.4) is 0 Å². The van der Waals surface area contributed by atoms with Gasteiger partial charge in [-0.1, -0.05) is 56.3 Å². The fourth-order valence-corrected chi connectivity index (χ4v) is 3.03. The van der Waals surface area contributed by atoms with E-state index in [-0.39, 0.29) is 6.04 Å². The summed E-state index contributed by atoms with van der Waals surface area (Å²) >= 11 is 1.35. The lowest BCUT2D eigenvalue weighted by Gasteiger charge is -2.14. The smallest absolute Gasteiger partial charge is 0.226 e. The largest absolute Gasteiger partial charge is 0.346 e. The zero-order valence-corrected chi connectivity index (χ0v) is 14.9. The van der Waals surface area contributed by atoms with Crippen molar-refractivity contribution in [3.8, 4) is 0 Å². The number of anilines is 1. The summed E-state index contributed by atoms with van der Waals surface area (Å²) in [7, 11) is 0. The van der Waals surface area contributed by atoms with Gasteiger partial charge in [0.05, 0.1) is 0 Å². The average molecular weight is 343 g/mol. The molecule has 7 heteroatoms. The van der Waals surface area contributed by atoms with Crippen LogP contribution in [0.5, 0.6) is 0 Å². The maximum Gasteiger partial charge on any atom is 0.226 e. The van der Waals surface area contributed by atoms with E-state index in [2.05, 4.69) is 45.6 Å². The van der Waals surface area contributed by atoms with Gasteiger partial charge in [0.2, 0.25) is 11.0 Å². The van der Waals surface area contributed by atoms with Gasteiger partial charge in [0.1, 0.15) is 11.9 Å². The Bertz CT molecular complexity index is 768. The molecule has 2 heterocycles. The van der Waals surface area contributed by atoms with Gasteiger partial charge in [-0.05, 0) is 12.0 Å². The molecule has 0 saturated carbocycles. The Morgan fingerprint density at radius 3 is 2.58 bits per heavy atom. The van der Waals surface area contributed by atoms with E-state index >= 15 is 0 Å². The van der Waals surface area contributed by atoms with Crippen LogP contribution in [-0.4, -0.2) is 19.5 Å². The van der Waals surface area contributed by atoms with Crippen molar-refractivity contribution in [3.05, 3.63) is 53.4 Å². The standard InChI is InChI=1S/C17H21N5OS/c1-4-8-13-18-16(21-23-13)14(12-9-6-5-7-10-12)19-17-20-15(11(2)3)22-24-17/h5-7,9-11,14H,4,8H2,1-3H3,(H,19,20,22). The Morgan fingerprint density at radius 2 is 1.92 bits per heavy atom. The highest BCUT2D eigenvalue weighted by molar-refractivity contribution is 7.09. The first-order valence-electron chi connectivity index (χ1n) is 8.15. The van der Waals surface area contributed by atoms with Crippen LogP contribution in [0.25, 0.3) is 0 Å². The number of aromatic nitrogens is 4. The highest BCUT2D eigenvalue weighted by atomic mass is 32.1. The number of nitrogens with zero attached hydrogens (tertiary/aromatic N) is 4. The summed E-state index contributed by atoms with van der Waals surface area (Å²) in [5.41, 5.74) is 1.06. The molecule has 1 unspecified atom stereocenters. The van der Waals surface area contributed by atoms with Crippen molar-refractivity contribution in [2.45, 2.75) is 45.6 Å². The van der Waals surface area contributed by atoms with Crippen molar-refractivity contribution in [3.63, 3.8) is 0 Å². The number of benzene rings is 1. The molecular formula is C17H21N5OS. The van der Waals surface area contributed by atoms with Gasteiger partial charge in [0.25, 0.3) is 0 Å². The number of hydrogen-bond acceptors (Lipinski definition) is 7. The van der Waals surface area contributed by atoms with E-state index < -0.39 is 0 Å². The second kappa shape index (κ2) is 7.53. The fourth-order valence-electron chi connectivity index (χ4n) is 2.29. The van der Waals surface area contributed by atoms with Crippen molar-refractivity contribution in [2.24, 2.45) is 0 Å². The lowest BCUT2D eigenvalue weighted by Crippen LogP contribution is -2.14. The van der Waals surface area contributed by atoms with E-state index in [4.69, 9.17) is 4.52 Å². The summed E-state index contributed by atoms with van der Waals surface area (Å²) in [5, 5.41) is 8.32. The van der Waals surface area contributed by atoms with E-state index in [0.29, 0.717) is 17.6 Å². The number of nitrogens with one attached hydrogen (secondary N) is 1. The Labute approximate surface area is 145 Å². The predicted molar refractivity (Wildman–Crippen MR) is 94.2 cm³/mol. The Hall–Kier alpha value is -2.28. The minimum absolute atomic E-state index is 0.214. The molecule has 0 radical (unpaired) electrons. The Morgan fingerprint density at radius 1 is 1.12 bits per heavy atom. The van der Waals surface area contributed by atoms with Gasteiger partial charge in [0.15, 0.2) is 5.82 Å². The lowest BCUT2D eigenvalue weighted by atomic mass is 10.1. The molecule has 24 heavy (non-hydrogen) atoms. The van der Waals surface area contributed by atoms with Crippen molar-refractivity contribution >= 4 is 16.7 Å². The summed E-state index contributed by atoms with van der Waals surface area (Å²) in [5.74, 6) is 2.42. The van der Waals surface area contributed by atoms with Crippen LogP contribution in [-0.2, 0) is 6.42 Å². The number of hydrogen-bond donors (Lipinski definition) is 1. The zero-order chi connectivity index (χ0) is 16.9. The molecule has 0 bridgehead atoms. The van der Waals surface area contributed by atoms with Gasteiger partial charge < -0.3 is 9.84 Å². The minimum Gasteiger partial charge on any atom is -0.346 e. The maximum absolute atomic E-state index is 5.35. The topological polar surface area (TPSA) is 76.7 Å². The van der Waals surface area contributed by atoms with E-state index in [1.165, 1.54) is 11.5 Å². The zero-order valence-electron chi connectivity index (χ0n) is 14.1. The summed E-state index contributed by atoms with van der Waals surface area (Å²) < 4.78 is 9.75. The Balaban J connectivity index is 1.89.